The fourth-order valence-electron chi connectivity index (χ4n) is 3.93. The van der Waals surface area contributed by atoms with E-state index in [1.807, 2.05) is 0 Å². The van der Waals surface area contributed by atoms with Crippen LogP contribution in [0.1, 0.15) is 72.1 Å². The fourth-order valence-corrected chi connectivity index (χ4v) is 3.93. The molecule has 0 bridgehead atoms. The molecule has 1 heterocycles. The first-order chi connectivity index (χ1) is 8.95. The molecule has 112 valence electrons. The van der Waals surface area contributed by atoms with Gasteiger partial charge in [-0.1, -0.05) is 40.0 Å². The van der Waals surface area contributed by atoms with Crippen LogP contribution in [0.2, 0.25) is 0 Å². The van der Waals surface area contributed by atoms with Crippen LogP contribution in [0.3, 0.4) is 0 Å². The SMILES string of the molecule is CNCC(CC1CCC2(CCCCC2)O1)C(C)(C)C. The number of hydrogen-bond acceptors (Lipinski definition) is 2. The van der Waals surface area contributed by atoms with E-state index >= 15 is 0 Å². The number of hydrogen-bond donors (Lipinski definition) is 1. The minimum Gasteiger partial charge on any atom is -0.372 e. The van der Waals surface area contributed by atoms with E-state index in [-0.39, 0.29) is 5.60 Å². The summed E-state index contributed by atoms with van der Waals surface area (Å²) in [5.74, 6) is 0.709. The monoisotopic (exact) mass is 267 g/mol. The van der Waals surface area contributed by atoms with E-state index < -0.39 is 0 Å². The Labute approximate surface area is 119 Å². The molecule has 1 spiro atoms. The van der Waals surface area contributed by atoms with Crippen molar-refractivity contribution in [2.75, 3.05) is 13.6 Å². The minimum atomic E-state index is 0.283. The highest BCUT2D eigenvalue weighted by molar-refractivity contribution is 4.92. The van der Waals surface area contributed by atoms with Crippen molar-refractivity contribution in [3.05, 3.63) is 0 Å². The lowest BCUT2D eigenvalue weighted by Gasteiger charge is -2.36. The van der Waals surface area contributed by atoms with Gasteiger partial charge in [0.25, 0.3) is 0 Å². The summed E-state index contributed by atoms with van der Waals surface area (Å²) < 4.78 is 6.53. The van der Waals surface area contributed by atoms with Gasteiger partial charge < -0.3 is 10.1 Å². The van der Waals surface area contributed by atoms with Gasteiger partial charge in [0.1, 0.15) is 0 Å². The lowest BCUT2D eigenvalue weighted by molar-refractivity contribution is -0.0739. The second-order valence-electron chi connectivity index (χ2n) is 7.88. The van der Waals surface area contributed by atoms with Crippen molar-refractivity contribution >= 4 is 0 Å². The molecule has 2 nitrogen and oxygen atoms in total. The predicted octanol–water partition coefficient (Wildman–Crippen LogP) is 4.14. The van der Waals surface area contributed by atoms with E-state index in [9.17, 15) is 0 Å². The molecule has 0 aromatic heterocycles. The van der Waals surface area contributed by atoms with Gasteiger partial charge >= 0.3 is 0 Å². The maximum atomic E-state index is 6.53. The van der Waals surface area contributed by atoms with E-state index in [1.165, 1.54) is 51.4 Å². The summed E-state index contributed by atoms with van der Waals surface area (Å²) in [5.41, 5.74) is 0.652. The minimum absolute atomic E-state index is 0.283. The third kappa shape index (κ3) is 3.95. The highest BCUT2D eigenvalue weighted by Crippen LogP contribution is 2.44. The maximum Gasteiger partial charge on any atom is 0.0687 e. The smallest absolute Gasteiger partial charge is 0.0687 e. The molecule has 0 aromatic carbocycles. The largest absolute Gasteiger partial charge is 0.372 e. The third-order valence-corrected chi connectivity index (χ3v) is 5.33. The molecule has 0 radical (unpaired) electrons. The van der Waals surface area contributed by atoms with Crippen molar-refractivity contribution in [2.24, 2.45) is 11.3 Å². The first-order valence-electron chi connectivity index (χ1n) is 8.28. The fraction of sp³-hybridized carbons (Fsp3) is 1.00. The lowest BCUT2D eigenvalue weighted by atomic mass is 9.77. The molecule has 2 heteroatoms. The summed E-state index contributed by atoms with van der Waals surface area (Å²) in [4.78, 5) is 0. The van der Waals surface area contributed by atoms with Crippen LogP contribution < -0.4 is 5.32 Å². The zero-order valence-electron chi connectivity index (χ0n) is 13.4. The highest BCUT2D eigenvalue weighted by atomic mass is 16.5. The summed E-state index contributed by atoms with van der Waals surface area (Å²) in [5, 5.41) is 3.36. The molecular formula is C17H33NO. The molecule has 0 amide bonds. The molecule has 0 aromatic rings. The van der Waals surface area contributed by atoms with Crippen LogP contribution in [-0.2, 0) is 4.74 Å². The molecule has 1 saturated carbocycles. The lowest BCUT2D eigenvalue weighted by Crippen LogP contribution is -2.35. The molecule has 1 aliphatic carbocycles. The molecule has 1 aliphatic heterocycles. The number of rotatable bonds is 4. The second kappa shape index (κ2) is 6.13. The molecule has 2 fully saturated rings. The Bertz CT molecular complexity index is 275. The summed E-state index contributed by atoms with van der Waals surface area (Å²) in [6, 6.07) is 0. The van der Waals surface area contributed by atoms with Crippen LogP contribution in [0.5, 0.6) is 0 Å². The van der Waals surface area contributed by atoms with Gasteiger partial charge in [-0.3, -0.25) is 0 Å². The molecular weight excluding hydrogens is 234 g/mol. The van der Waals surface area contributed by atoms with Gasteiger partial charge in [-0.25, -0.2) is 0 Å². The van der Waals surface area contributed by atoms with Crippen molar-refractivity contribution in [1.82, 2.24) is 5.32 Å². The third-order valence-electron chi connectivity index (χ3n) is 5.33. The Balaban J connectivity index is 1.89. The Kier molecular flexibility index (Phi) is 4.94. The summed E-state index contributed by atoms with van der Waals surface area (Å²) >= 11 is 0. The number of ether oxygens (including phenoxy) is 1. The van der Waals surface area contributed by atoms with E-state index in [1.54, 1.807) is 0 Å². The Morgan fingerprint density at radius 2 is 1.84 bits per heavy atom. The molecule has 1 saturated heterocycles. The zero-order chi connectivity index (χ0) is 13.9. The average Bonchev–Trinajstić information content (AvgIpc) is 2.71. The van der Waals surface area contributed by atoms with Crippen LogP contribution >= 0.6 is 0 Å². The van der Waals surface area contributed by atoms with Gasteiger partial charge in [0.2, 0.25) is 0 Å². The van der Waals surface area contributed by atoms with Crippen molar-refractivity contribution in [2.45, 2.75) is 83.8 Å². The Morgan fingerprint density at radius 1 is 1.16 bits per heavy atom. The summed E-state index contributed by atoms with van der Waals surface area (Å²) in [6.45, 7) is 8.19. The van der Waals surface area contributed by atoms with E-state index in [0.717, 1.165) is 6.54 Å². The van der Waals surface area contributed by atoms with Crippen LogP contribution in [0, 0.1) is 11.3 Å². The summed E-state index contributed by atoms with van der Waals surface area (Å²) in [6.07, 6.45) is 11.1. The first kappa shape index (κ1) is 15.3. The second-order valence-corrected chi connectivity index (χ2v) is 7.88. The summed E-state index contributed by atoms with van der Waals surface area (Å²) in [7, 11) is 2.07. The molecule has 2 unspecified atom stereocenters. The van der Waals surface area contributed by atoms with Crippen LogP contribution in [0.4, 0.5) is 0 Å². The van der Waals surface area contributed by atoms with E-state index in [0.29, 0.717) is 17.4 Å². The van der Waals surface area contributed by atoms with Gasteiger partial charge in [-0.2, -0.15) is 0 Å². The maximum absolute atomic E-state index is 6.53. The van der Waals surface area contributed by atoms with Crippen LogP contribution in [-0.4, -0.2) is 25.3 Å². The van der Waals surface area contributed by atoms with E-state index in [4.69, 9.17) is 4.74 Å². The molecule has 2 rings (SSSR count). The Hall–Kier alpha value is -0.0800. The van der Waals surface area contributed by atoms with E-state index in [2.05, 4.69) is 33.1 Å². The molecule has 19 heavy (non-hydrogen) atoms. The molecule has 1 N–H and O–H groups in total. The van der Waals surface area contributed by atoms with Gasteiger partial charge in [0.15, 0.2) is 0 Å². The zero-order valence-corrected chi connectivity index (χ0v) is 13.4. The normalized spacial score (nSPS) is 28.7. The van der Waals surface area contributed by atoms with Gasteiger partial charge in [0.05, 0.1) is 11.7 Å². The van der Waals surface area contributed by atoms with Crippen LogP contribution in [0.25, 0.3) is 0 Å². The predicted molar refractivity (Wildman–Crippen MR) is 81.4 cm³/mol. The first-order valence-corrected chi connectivity index (χ1v) is 8.28. The van der Waals surface area contributed by atoms with Crippen molar-refractivity contribution < 1.29 is 4.74 Å². The van der Waals surface area contributed by atoms with Crippen molar-refractivity contribution in [3.63, 3.8) is 0 Å². The molecule has 2 atom stereocenters. The number of nitrogens with one attached hydrogen (secondary N) is 1. The topological polar surface area (TPSA) is 21.3 Å². The van der Waals surface area contributed by atoms with Crippen LogP contribution in [0.15, 0.2) is 0 Å². The quantitative estimate of drug-likeness (QED) is 0.826. The highest BCUT2D eigenvalue weighted by Gasteiger charge is 2.42. The standard InChI is InChI=1S/C17H33NO/c1-16(2,3)14(13-18-4)12-15-8-11-17(19-15)9-6-5-7-10-17/h14-15,18H,5-13H2,1-4H3. The Morgan fingerprint density at radius 3 is 2.42 bits per heavy atom. The van der Waals surface area contributed by atoms with Gasteiger partial charge in [-0.05, 0) is 57.0 Å². The molecule has 2 aliphatic rings. The van der Waals surface area contributed by atoms with Gasteiger partial charge in [0, 0.05) is 0 Å². The van der Waals surface area contributed by atoms with Crippen molar-refractivity contribution in [3.8, 4) is 0 Å². The van der Waals surface area contributed by atoms with Gasteiger partial charge in [-0.15, -0.1) is 0 Å². The average molecular weight is 267 g/mol. The van der Waals surface area contributed by atoms with Crippen molar-refractivity contribution in [1.29, 1.82) is 0 Å².